The molecule has 0 spiro atoms. The van der Waals surface area contributed by atoms with Gasteiger partial charge in [-0.2, -0.15) is 5.26 Å². The monoisotopic (exact) mass is 284 g/mol. The molecule has 0 saturated heterocycles. The predicted molar refractivity (Wildman–Crippen MR) is 80.0 cm³/mol. The van der Waals surface area contributed by atoms with Crippen LogP contribution in [0, 0.1) is 18.3 Å². The summed E-state index contributed by atoms with van der Waals surface area (Å²) >= 11 is 0. The van der Waals surface area contributed by atoms with Gasteiger partial charge < -0.3 is 4.74 Å². The number of rotatable bonds is 7. The van der Waals surface area contributed by atoms with Crippen LogP contribution in [0.1, 0.15) is 36.7 Å². The number of aryl methyl sites for hydroxylation is 2. The molecule has 0 radical (unpaired) electrons. The summed E-state index contributed by atoms with van der Waals surface area (Å²) in [6.45, 7) is 5.47. The van der Waals surface area contributed by atoms with Gasteiger partial charge in [-0.3, -0.25) is 0 Å². The second-order valence-electron chi connectivity index (χ2n) is 4.98. The first-order valence-corrected chi connectivity index (χ1v) is 7.26. The van der Waals surface area contributed by atoms with Crippen LogP contribution >= 0.6 is 0 Å². The largest absolute Gasteiger partial charge is 0.494 e. The van der Waals surface area contributed by atoms with E-state index in [1.807, 2.05) is 28.9 Å². The van der Waals surface area contributed by atoms with Crippen molar-refractivity contribution in [3.05, 3.63) is 41.2 Å². The molecule has 0 fully saturated rings. The third kappa shape index (κ3) is 4.06. The van der Waals surface area contributed by atoms with Crippen molar-refractivity contribution in [2.75, 3.05) is 6.61 Å². The van der Waals surface area contributed by atoms with Crippen molar-refractivity contribution < 1.29 is 4.74 Å². The van der Waals surface area contributed by atoms with Crippen LogP contribution in [-0.2, 0) is 13.0 Å². The number of nitriles is 1. The zero-order valence-electron chi connectivity index (χ0n) is 12.5. The average Bonchev–Trinajstić information content (AvgIpc) is 2.88. The maximum absolute atomic E-state index is 9.01. The molecule has 0 atom stereocenters. The first-order valence-electron chi connectivity index (χ1n) is 7.26. The molecule has 0 aliphatic heterocycles. The predicted octanol–water partition coefficient (Wildman–Crippen LogP) is 2.88. The number of nitrogens with zero attached hydrogens (tertiary/aromatic N) is 4. The van der Waals surface area contributed by atoms with Crippen molar-refractivity contribution in [1.82, 2.24) is 15.0 Å². The number of hydrogen-bond donors (Lipinski definition) is 0. The Bertz CT molecular complexity index is 610. The van der Waals surface area contributed by atoms with Crippen LogP contribution in [0.15, 0.2) is 24.3 Å². The first kappa shape index (κ1) is 15.0. The summed E-state index contributed by atoms with van der Waals surface area (Å²) in [6.07, 6.45) is 2.63. The summed E-state index contributed by atoms with van der Waals surface area (Å²) in [5.41, 5.74) is 2.59. The highest BCUT2D eigenvalue weighted by Gasteiger charge is 2.11. The molecule has 0 amide bonds. The third-order valence-corrected chi connectivity index (χ3v) is 3.23. The van der Waals surface area contributed by atoms with Gasteiger partial charge in [-0.05, 0) is 25.5 Å². The summed E-state index contributed by atoms with van der Waals surface area (Å²) in [5.74, 6) is 0.880. The van der Waals surface area contributed by atoms with Gasteiger partial charge in [0.2, 0.25) is 0 Å². The first-order chi connectivity index (χ1) is 10.2. The molecule has 0 saturated carbocycles. The zero-order valence-corrected chi connectivity index (χ0v) is 12.5. The van der Waals surface area contributed by atoms with E-state index in [2.05, 4.69) is 30.2 Å². The number of hydrogen-bond acceptors (Lipinski definition) is 4. The van der Waals surface area contributed by atoms with Crippen molar-refractivity contribution in [3.63, 3.8) is 0 Å². The Hall–Kier alpha value is -2.35. The molecule has 0 bridgehead atoms. The molecule has 1 heterocycles. The van der Waals surface area contributed by atoms with Crippen LogP contribution in [0.4, 0.5) is 0 Å². The molecule has 5 heteroatoms. The molecule has 0 aliphatic rings. The minimum Gasteiger partial charge on any atom is -0.494 e. The van der Waals surface area contributed by atoms with Crippen molar-refractivity contribution >= 4 is 0 Å². The third-order valence-electron chi connectivity index (χ3n) is 3.23. The second-order valence-corrected chi connectivity index (χ2v) is 4.98. The lowest BCUT2D eigenvalue weighted by Crippen LogP contribution is -2.09. The Morgan fingerprint density at radius 3 is 2.71 bits per heavy atom. The fourth-order valence-electron chi connectivity index (χ4n) is 2.12. The molecular weight excluding hydrogens is 264 g/mol. The van der Waals surface area contributed by atoms with Gasteiger partial charge in [-0.15, -0.1) is 5.10 Å². The highest BCUT2D eigenvalue weighted by molar-refractivity contribution is 5.26. The van der Waals surface area contributed by atoms with E-state index in [4.69, 9.17) is 10.00 Å². The summed E-state index contributed by atoms with van der Waals surface area (Å²) in [5, 5.41) is 17.0. The quantitative estimate of drug-likeness (QED) is 0.733. The average molecular weight is 284 g/mol. The van der Waals surface area contributed by atoms with Crippen LogP contribution in [0.3, 0.4) is 0 Å². The van der Waals surface area contributed by atoms with Crippen LogP contribution in [0.25, 0.3) is 0 Å². The number of benzene rings is 1. The van der Waals surface area contributed by atoms with E-state index in [-0.39, 0.29) is 0 Å². The van der Waals surface area contributed by atoms with Crippen LogP contribution in [0.5, 0.6) is 5.75 Å². The lowest BCUT2D eigenvalue weighted by atomic mass is 10.2. The normalized spacial score (nSPS) is 10.3. The fraction of sp³-hybridized carbons (Fsp3) is 0.438. The van der Waals surface area contributed by atoms with Crippen molar-refractivity contribution in [1.29, 1.82) is 5.26 Å². The van der Waals surface area contributed by atoms with Crippen LogP contribution in [0.2, 0.25) is 0 Å². The van der Waals surface area contributed by atoms with E-state index in [1.54, 1.807) is 0 Å². The van der Waals surface area contributed by atoms with Gasteiger partial charge in [-0.25, -0.2) is 4.68 Å². The molecule has 2 rings (SSSR count). The van der Waals surface area contributed by atoms with E-state index in [9.17, 15) is 0 Å². The maximum atomic E-state index is 9.01. The van der Waals surface area contributed by atoms with Gasteiger partial charge in [0.25, 0.3) is 0 Å². The molecule has 0 aliphatic carbocycles. The minimum absolute atomic E-state index is 0.441. The van der Waals surface area contributed by atoms with Crippen molar-refractivity contribution in [2.45, 2.75) is 39.7 Å². The van der Waals surface area contributed by atoms with Gasteiger partial charge >= 0.3 is 0 Å². The molecule has 0 unspecified atom stereocenters. The highest BCUT2D eigenvalue weighted by Crippen LogP contribution is 2.12. The van der Waals surface area contributed by atoms with Crippen molar-refractivity contribution in [2.24, 2.45) is 0 Å². The van der Waals surface area contributed by atoms with Crippen LogP contribution in [-0.4, -0.2) is 21.6 Å². The standard InChI is InChI=1S/C16H20N4O/c1-3-5-16-15(12-17)18-19-20(16)10-4-11-21-14-8-6-13(2)7-9-14/h6-9H,3-5,10-11H2,1-2H3. The maximum Gasteiger partial charge on any atom is 0.185 e. The van der Waals surface area contributed by atoms with Crippen LogP contribution < -0.4 is 4.74 Å². The molecule has 1 aromatic heterocycles. The van der Waals surface area contributed by atoms with Gasteiger partial charge in [0.1, 0.15) is 11.8 Å². The lowest BCUT2D eigenvalue weighted by molar-refractivity contribution is 0.297. The van der Waals surface area contributed by atoms with E-state index in [0.717, 1.165) is 37.3 Å². The molecule has 21 heavy (non-hydrogen) atoms. The molecule has 2 aromatic rings. The zero-order chi connectivity index (χ0) is 15.1. The molecule has 1 aromatic carbocycles. The minimum atomic E-state index is 0.441. The summed E-state index contributed by atoms with van der Waals surface area (Å²) in [4.78, 5) is 0. The summed E-state index contributed by atoms with van der Waals surface area (Å²) in [7, 11) is 0. The Kier molecular flexibility index (Phi) is 5.33. The summed E-state index contributed by atoms with van der Waals surface area (Å²) in [6, 6.07) is 10.1. The fourth-order valence-corrected chi connectivity index (χ4v) is 2.12. The number of ether oxygens (including phenoxy) is 1. The molecule has 110 valence electrons. The van der Waals surface area contributed by atoms with E-state index in [0.29, 0.717) is 12.3 Å². The van der Waals surface area contributed by atoms with Gasteiger partial charge in [-0.1, -0.05) is 36.3 Å². The van der Waals surface area contributed by atoms with Gasteiger partial charge in [0, 0.05) is 13.0 Å². The Balaban J connectivity index is 1.85. The summed E-state index contributed by atoms with van der Waals surface area (Å²) < 4.78 is 7.51. The van der Waals surface area contributed by atoms with E-state index in [1.165, 1.54) is 5.56 Å². The molecule has 5 nitrogen and oxygen atoms in total. The van der Waals surface area contributed by atoms with E-state index < -0.39 is 0 Å². The Morgan fingerprint density at radius 1 is 1.29 bits per heavy atom. The Morgan fingerprint density at radius 2 is 2.05 bits per heavy atom. The van der Waals surface area contributed by atoms with E-state index >= 15 is 0 Å². The highest BCUT2D eigenvalue weighted by atomic mass is 16.5. The smallest absolute Gasteiger partial charge is 0.185 e. The van der Waals surface area contributed by atoms with Crippen molar-refractivity contribution in [3.8, 4) is 11.8 Å². The SMILES string of the molecule is CCCc1c(C#N)nnn1CCCOc1ccc(C)cc1. The Labute approximate surface area is 125 Å². The second kappa shape index (κ2) is 7.44. The van der Waals surface area contributed by atoms with Gasteiger partial charge in [0.15, 0.2) is 5.69 Å². The topological polar surface area (TPSA) is 63.7 Å². The lowest BCUT2D eigenvalue weighted by Gasteiger charge is -2.08. The van der Waals surface area contributed by atoms with Gasteiger partial charge in [0.05, 0.1) is 12.3 Å². The number of aromatic nitrogens is 3. The molecular formula is C16H20N4O. The molecule has 0 N–H and O–H groups in total.